The number of carbonyl (C=O) groups is 1. The Morgan fingerprint density at radius 3 is 2.50 bits per heavy atom. The van der Waals surface area contributed by atoms with Gasteiger partial charge in [-0.3, -0.25) is 10.1 Å². The highest BCUT2D eigenvalue weighted by atomic mass is 19.1. The maximum absolute atomic E-state index is 13.6. The van der Waals surface area contributed by atoms with Crippen LogP contribution in [0, 0.1) is 15.9 Å². The Balaban J connectivity index is 3.50. The van der Waals surface area contributed by atoms with Crippen LogP contribution in [0.1, 0.15) is 37.6 Å². The van der Waals surface area contributed by atoms with Gasteiger partial charge in [0, 0.05) is 12.6 Å². The molecule has 0 fully saturated rings. The number of hydrogen-bond acceptors (Lipinski definition) is 4. The summed E-state index contributed by atoms with van der Waals surface area (Å²) in [5, 5.41) is 20.0. The summed E-state index contributed by atoms with van der Waals surface area (Å²) >= 11 is 0. The largest absolute Gasteiger partial charge is 0.478 e. The molecule has 110 valence electrons. The van der Waals surface area contributed by atoms with E-state index in [2.05, 4.69) is 0 Å². The Labute approximate surface area is 116 Å². The third kappa shape index (κ3) is 3.23. The van der Waals surface area contributed by atoms with E-state index >= 15 is 0 Å². The van der Waals surface area contributed by atoms with E-state index in [1.807, 2.05) is 20.8 Å². The van der Waals surface area contributed by atoms with Gasteiger partial charge in [-0.25, -0.2) is 9.18 Å². The standard InChI is InChI=1S/C13H17FN2O4/c1-4-5-15(8(2)3)11-6-9(13(17)18)10(14)7-12(11)16(19)20/h6-8H,4-5H2,1-3H3,(H,17,18). The number of carboxylic acids is 1. The molecule has 0 aromatic heterocycles. The molecule has 1 aromatic rings. The fourth-order valence-corrected chi connectivity index (χ4v) is 1.99. The zero-order valence-corrected chi connectivity index (χ0v) is 11.6. The Bertz CT molecular complexity index is 531. The number of aromatic carboxylic acids is 1. The van der Waals surface area contributed by atoms with Gasteiger partial charge in [0.05, 0.1) is 16.6 Å². The van der Waals surface area contributed by atoms with Crippen LogP contribution in [-0.2, 0) is 0 Å². The van der Waals surface area contributed by atoms with Gasteiger partial charge in [-0.1, -0.05) is 6.92 Å². The van der Waals surface area contributed by atoms with Crippen molar-refractivity contribution in [2.45, 2.75) is 33.2 Å². The van der Waals surface area contributed by atoms with Crippen molar-refractivity contribution in [2.75, 3.05) is 11.4 Å². The zero-order chi connectivity index (χ0) is 15.4. The fraction of sp³-hybridized carbons (Fsp3) is 0.462. The summed E-state index contributed by atoms with van der Waals surface area (Å²) in [5.74, 6) is -2.55. The SMILES string of the molecule is CCCN(c1cc(C(=O)O)c(F)cc1[N+](=O)[O-])C(C)C. The number of hydrogen-bond donors (Lipinski definition) is 1. The van der Waals surface area contributed by atoms with Gasteiger partial charge < -0.3 is 10.0 Å². The van der Waals surface area contributed by atoms with Gasteiger partial charge in [0.1, 0.15) is 11.5 Å². The lowest BCUT2D eigenvalue weighted by atomic mass is 10.1. The molecular weight excluding hydrogens is 267 g/mol. The number of nitro benzene ring substituents is 1. The summed E-state index contributed by atoms with van der Waals surface area (Å²) in [4.78, 5) is 23.0. The number of nitro groups is 1. The number of anilines is 1. The quantitative estimate of drug-likeness (QED) is 0.641. The highest BCUT2D eigenvalue weighted by molar-refractivity contribution is 5.90. The van der Waals surface area contributed by atoms with Crippen molar-refractivity contribution in [2.24, 2.45) is 0 Å². The summed E-state index contributed by atoms with van der Waals surface area (Å²) in [6.07, 6.45) is 0.731. The van der Waals surface area contributed by atoms with E-state index in [-0.39, 0.29) is 11.7 Å². The molecule has 0 atom stereocenters. The third-order valence-corrected chi connectivity index (χ3v) is 2.89. The first-order valence-corrected chi connectivity index (χ1v) is 6.27. The molecule has 0 spiro atoms. The van der Waals surface area contributed by atoms with E-state index in [1.54, 1.807) is 4.90 Å². The van der Waals surface area contributed by atoms with E-state index in [1.165, 1.54) is 0 Å². The van der Waals surface area contributed by atoms with Crippen molar-refractivity contribution < 1.29 is 19.2 Å². The number of benzene rings is 1. The third-order valence-electron chi connectivity index (χ3n) is 2.89. The van der Waals surface area contributed by atoms with Gasteiger partial charge in [-0.05, 0) is 26.3 Å². The van der Waals surface area contributed by atoms with Gasteiger partial charge in [0.25, 0.3) is 5.69 Å². The molecule has 0 aliphatic heterocycles. The van der Waals surface area contributed by atoms with Gasteiger partial charge in [0.15, 0.2) is 0 Å². The first kappa shape index (κ1) is 15.9. The molecule has 0 heterocycles. The van der Waals surface area contributed by atoms with Crippen LogP contribution < -0.4 is 4.90 Å². The summed E-state index contributed by atoms with van der Waals surface area (Å²) in [6.45, 7) is 6.10. The van der Waals surface area contributed by atoms with Crippen molar-refractivity contribution in [1.82, 2.24) is 0 Å². The minimum absolute atomic E-state index is 0.0687. The molecule has 0 saturated carbocycles. The Morgan fingerprint density at radius 2 is 2.10 bits per heavy atom. The lowest BCUT2D eigenvalue weighted by Crippen LogP contribution is -2.32. The van der Waals surface area contributed by atoms with Crippen LogP contribution >= 0.6 is 0 Å². The molecule has 7 heteroatoms. The van der Waals surface area contributed by atoms with Crippen LogP contribution in [0.15, 0.2) is 12.1 Å². The maximum Gasteiger partial charge on any atom is 0.338 e. The van der Waals surface area contributed by atoms with Crippen LogP contribution in [0.4, 0.5) is 15.8 Å². The van der Waals surface area contributed by atoms with Crippen LogP contribution in [0.2, 0.25) is 0 Å². The summed E-state index contributed by atoms with van der Waals surface area (Å²) < 4.78 is 13.6. The molecule has 0 bridgehead atoms. The molecular formula is C13H17FN2O4. The predicted octanol–water partition coefficient (Wildman–Crippen LogP) is 3.06. The molecule has 0 radical (unpaired) electrons. The molecule has 0 aliphatic carbocycles. The summed E-state index contributed by atoms with van der Waals surface area (Å²) in [6, 6.07) is 1.63. The van der Waals surface area contributed by atoms with Crippen molar-refractivity contribution >= 4 is 17.3 Å². The second-order valence-electron chi connectivity index (χ2n) is 4.67. The van der Waals surface area contributed by atoms with Gasteiger partial charge in [0.2, 0.25) is 0 Å². The average molecular weight is 284 g/mol. The van der Waals surface area contributed by atoms with E-state index in [9.17, 15) is 19.3 Å². The highest BCUT2D eigenvalue weighted by Gasteiger charge is 2.26. The van der Waals surface area contributed by atoms with Crippen LogP contribution in [-0.4, -0.2) is 28.6 Å². The molecule has 1 rings (SSSR count). The number of rotatable bonds is 6. The Morgan fingerprint density at radius 1 is 1.50 bits per heavy atom. The van der Waals surface area contributed by atoms with E-state index in [0.717, 1.165) is 12.5 Å². The predicted molar refractivity (Wildman–Crippen MR) is 72.8 cm³/mol. The summed E-state index contributed by atoms with van der Waals surface area (Å²) in [7, 11) is 0. The van der Waals surface area contributed by atoms with Crippen molar-refractivity contribution in [3.63, 3.8) is 0 Å². The van der Waals surface area contributed by atoms with E-state index < -0.39 is 28.0 Å². The van der Waals surface area contributed by atoms with Gasteiger partial charge in [-0.2, -0.15) is 0 Å². The van der Waals surface area contributed by atoms with Crippen LogP contribution in [0.3, 0.4) is 0 Å². The number of carboxylic acid groups (broad SMARTS) is 1. The minimum atomic E-state index is -1.45. The lowest BCUT2D eigenvalue weighted by molar-refractivity contribution is -0.384. The lowest BCUT2D eigenvalue weighted by Gasteiger charge is -2.28. The van der Waals surface area contributed by atoms with E-state index in [0.29, 0.717) is 12.6 Å². The molecule has 6 nitrogen and oxygen atoms in total. The zero-order valence-electron chi connectivity index (χ0n) is 11.6. The molecule has 1 N–H and O–H groups in total. The Kier molecular flexibility index (Phi) is 5.01. The van der Waals surface area contributed by atoms with Crippen molar-refractivity contribution in [3.8, 4) is 0 Å². The monoisotopic (exact) mass is 284 g/mol. The first-order valence-electron chi connectivity index (χ1n) is 6.27. The second kappa shape index (κ2) is 6.31. The normalized spacial score (nSPS) is 10.7. The minimum Gasteiger partial charge on any atom is -0.478 e. The summed E-state index contributed by atoms with van der Waals surface area (Å²) in [5.41, 5.74) is -0.854. The van der Waals surface area contributed by atoms with Gasteiger partial charge in [-0.15, -0.1) is 0 Å². The maximum atomic E-state index is 13.6. The average Bonchev–Trinajstić information content (AvgIpc) is 2.35. The first-order chi connectivity index (χ1) is 9.29. The van der Waals surface area contributed by atoms with Gasteiger partial charge >= 0.3 is 5.97 Å². The Hall–Kier alpha value is -2.18. The van der Waals surface area contributed by atoms with Crippen molar-refractivity contribution in [3.05, 3.63) is 33.6 Å². The molecule has 0 aliphatic rings. The topological polar surface area (TPSA) is 83.7 Å². The van der Waals surface area contributed by atoms with Crippen LogP contribution in [0.25, 0.3) is 0 Å². The molecule has 0 amide bonds. The van der Waals surface area contributed by atoms with Crippen LogP contribution in [0.5, 0.6) is 0 Å². The fourth-order valence-electron chi connectivity index (χ4n) is 1.99. The number of nitrogens with zero attached hydrogens (tertiary/aromatic N) is 2. The smallest absolute Gasteiger partial charge is 0.338 e. The second-order valence-corrected chi connectivity index (χ2v) is 4.67. The highest BCUT2D eigenvalue weighted by Crippen LogP contribution is 2.32. The molecule has 0 unspecified atom stereocenters. The molecule has 0 saturated heterocycles. The molecule has 1 aromatic carbocycles. The molecule has 20 heavy (non-hydrogen) atoms. The van der Waals surface area contributed by atoms with E-state index in [4.69, 9.17) is 5.11 Å². The van der Waals surface area contributed by atoms with Crippen molar-refractivity contribution in [1.29, 1.82) is 0 Å². The number of halogens is 1.